The van der Waals surface area contributed by atoms with E-state index in [9.17, 15) is 9.90 Å². The van der Waals surface area contributed by atoms with E-state index >= 15 is 8.78 Å². The van der Waals surface area contributed by atoms with Gasteiger partial charge in [-0.05, 0) is 13.0 Å². The summed E-state index contributed by atoms with van der Waals surface area (Å²) in [5.74, 6) is -3.77. The number of hydrogen-bond donors (Lipinski definition) is 4. The second-order valence-electron chi connectivity index (χ2n) is 8.26. The molecule has 5 rings (SSSR count). The summed E-state index contributed by atoms with van der Waals surface area (Å²) in [4.78, 5) is 30.5. The number of nitrogen functional groups attached to an aromatic ring is 2. The van der Waals surface area contributed by atoms with Crippen molar-refractivity contribution in [3.05, 3.63) is 51.3 Å². The highest BCUT2D eigenvalue weighted by Gasteiger charge is 2.60. The van der Waals surface area contributed by atoms with Gasteiger partial charge in [0.05, 0.1) is 17.4 Å². The molecular weight excluding hydrogens is 484 g/mol. The standard InChI is InChI=1S/C20H23F2N9O3S/c1-2-25-18-28-11(8-35-18)14-9-5-26-17(24)27-10(9)6-30(14)7-12-15(32)20(21,22)16(34-12)31-4-3-13(23)29-19(31)33/h3-5,8,12,14-16,32H,2,6-7H2,1H3,(H,25,28)(H2,23,29,33)(H2,24,26,27)/t12-,14?,15-,16-/m1/s1. The van der Waals surface area contributed by atoms with Crippen molar-refractivity contribution in [3.8, 4) is 0 Å². The normalized spacial score (nSPS) is 25.6. The molecule has 1 unspecified atom stereocenters. The van der Waals surface area contributed by atoms with Crippen LogP contribution < -0.4 is 22.5 Å². The van der Waals surface area contributed by atoms with Crippen LogP contribution >= 0.6 is 11.3 Å². The first-order valence-corrected chi connectivity index (χ1v) is 11.7. The first-order valence-electron chi connectivity index (χ1n) is 10.8. The lowest BCUT2D eigenvalue weighted by Gasteiger charge is -2.27. The molecule has 5 heterocycles. The molecule has 3 aromatic rings. The number of nitrogens with two attached hydrogens (primary N) is 2. The quantitative estimate of drug-likeness (QED) is 0.368. The van der Waals surface area contributed by atoms with Crippen molar-refractivity contribution in [1.82, 2.24) is 29.4 Å². The first kappa shape index (κ1) is 23.5. The summed E-state index contributed by atoms with van der Waals surface area (Å²) >= 11 is 1.41. The van der Waals surface area contributed by atoms with Gasteiger partial charge >= 0.3 is 11.6 Å². The Labute approximate surface area is 201 Å². The molecule has 0 radical (unpaired) electrons. The van der Waals surface area contributed by atoms with Crippen LogP contribution in [0.1, 0.15) is 36.1 Å². The number of rotatable bonds is 6. The van der Waals surface area contributed by atoms with Gasteiger partial charge in [-0.3, -0.25) is 9.47 Å². The number of nitrogens with zero attached hydrogens (tertiary/aromatic N) is 6. The molecule has 186 valence electrons. The summed E-state index contributed by atoms with van der Waals surface area (Å²) in [6, 6.07) is 0.750. The van der Waals surface area contributed by atoms with Crippen molar-refractivity contribution < 1.29 is 18.6 Å². The van der Waals surface area contributed by atoms with Gasteiger partial charge in [0.2, 0.25) is 12.2 Å². The number of thiazole rings is 1. The smallest absolute Gasteiger partial charge is 0.351 e. The van der Waals surface area contributed by atoms with E-state index in [-0.39, 0.29) is 24.9 Å². The van der Waals surface area contributed by atoms with Gasteiger partial charge in [-0.15, -0.1) is 11.3 Å². The minimum atomic E-state index is -3.75. The molecule has 15 heteroatoms. The van der Waals surface area contributed by atoms with Crippen molar-refractivity contribution in [1.29, 1.82) is 0 Å². The molecule has 2 aliphatic heterocycles. The van der Waals surface area contributed by atoms with Gasteiger partial charge < -0.3 is 26.6 Å². The van der Waals surface area contributed by atoms with Crippen LogP contribution in [0.15, 0.2) is 28.6 Å². The molecule has 1 saturated heterocycles. The third-order valence-electron chi connectivity index (χ3n) is 5.96. The molecule has 0 saturated carbocycles. The molecule has 2 aliphatic rings. The maximum absolute atomic E-state index is 15.0. The van der Waals surface area contributed by atoms with Crippen LogP contribution in [0.25, 0.3) is 0 Å². The zero-order valence-electron chi connectivity index (χ0n) is 18.5. The number of ether oxygens (including phenoxy) is 1. The Morgan fingerprint density at radius 3 is 2.89 bits per heavy atom. The van der Waals surface area contributed by atoms with Gasteiger partial charge in [-0.25, -0.2) is 19.7 Å². The van der Waals surface area contributed by atoms with Gasteiger partial charge in [0.15, 0.2) is 5.13 Å². The molecule has 35 heavy (non-hydrogen) atoms. The fourth-order valence-electron chi connectivity index (χ4n) is 4.39. The summed E-state index contributed by atoms with van der Waals surface area (Å²) in [5.41, 5.74) is 12.3. The monoisotopic (exact) mass is 507 g/mol. The molecule has 12 nitrogen and oxygen atoms in total. The van der Waals surface area contributed by atoms with Crippen LogP contribution in [0.2, 0.25) is 0 Å². The van der Waals surface area contributed by atoms with E-state index in [1.807, 2.05) is 17.2 Å². The number of aromatic nitrogens is 5. The lowest BCUT2D eigenvalue weighted by molar-refractivity contribution is -0.140. The molecule has 3 aromatic heterocycles. The number of alkyl halides is 2. The molecular formula is C20H23F2N9O3S. The molecule has 0 aliphatic carbocycles. The van der Waals surface area contributed by atoms with Crippen LogP contribution in [0.4, 0.5) is 25.7 Å². The number of halogens is 2. The van der Waals surface area contributed by atoms with E-state index in [1.54, 1.807) is 6.20 Å². The molecule has 0 spiro atoms. The number of nitrogens with one attached hydrogen (secondary N) is 1. The highest BCUT2D eigenvalue weighted by atomic mass is 32.1. The summed E-state index contributed by atoms with van der Waals surface area (Å²) in [6.45, 7) is 2.80. The fourth-order valence-corrected chi connectivity index (χ4v) is 5.19. The Morgan fingerprint density at radius 2 is 2.14 bits per heavy atom. The number of aliphatic hydroxyl groups excluding tert-OH is 1. The molecule has 4 atom stereocenters. The lowest BCUT2D eigenvalue weighted by atomic mass is 10.1. The predicted molar refractivity (Wildman–Crippen MR) is 123 cm³/mol. The summed E-state index contributed by atoms with van der Waals surface area (Å²) in [6.07, 6.45) is -2.87. The van der Waals surface area contributed by atoms with Crippen molar-refractivity contribution >= 4 is 28.2 Å². The topological polar surface area (TPSA) is 170 Å². The maximum atomic E-state index is 15.0. The van der Waals surface area contributed by atoms with Crippen molar-refractivity contribution in [3.63, 3.8) is 0 Å². The van der Waals surface area contributed by atoms with Crippen LogP contribution in [-0.2, 0) is 11.3 Å². The Kier molecular flexibility index (Phi) is 5.86. The molecule has 6 N–H and O–H groups in total. The number of anilines is 3. The van der Waals surface area contributed by atoms with Crippen molar-refractivity contribution in [2.45, 2.75) is 43.9 Å². The largest absolute Gasteiger partial charge is 0.384 e. The van der Waals surface area contributed by atoms with Gasteiger partial charge in [-0.1, -0.05) is 0 Å². The zero-order chi connectivity index (χ0) is 24.9. The summed E-state index contributed by atoms with van der Waals surface area (Å²) in [5, 5.41) is 16.2. The van der Waals surface area contributed by atoms with E-state index in [0.29, 0.717) is 27.6 Å². The van der Waals surface area contributed by atoms with Crippen molar-refractivity contribution in [2.75, 3.05) is 29.9 Å². The third-order valence-corrected chi connectivity index (χ3v) is 6.78. The minimum absolute atomic E-state index is 0.0925. The fraction of sp³-hybridized carbons (Fsp3) is 0.450. The average molecular weight is 508 g/mol. The average Bonchev–Trinajstić information content (AvgIpc) is 3.45. The first-order chi connectivity index (χ1) is 16.7. The van der Waals surface area contributed by atoms with E-state index in [1.165, 1.54) is 17.4 Å². The number of aliphatic hydroxyl groups is 1. The molecule has 1 fully saturated rings. The maximum Gasteiger partial charge on any atom is 0.351 e. The Hall–Kier alpha value is -3.27. The van der Waals surface area contributed by atoms with E-state index in [0.717, 1.165) is 11.8 Å². The SMILES string of the molecule is CCNc1nc(C2c3cnc(N)nc3CN2C[C@H]2O[C@@H](n3ccc(N)nc3=O)C(F)(F)[C@@H]2O)cs1. The summed E-state index contributed by atoms with van der Waals surface area (Å²) in [7, 11) is 0. The zero-order valence-corrected chi connectivity index (χ0v) is 19.3. The highest BCUT2D eigenvalue weighted by molar-refractivity contribution is 7.13. The summed E-state index contributed by atoms with van der Waals surface area (Å²) < 4.78 is 36.3. The third kappa shape index (κ3) is 4.09. The van der Waals surface area contributed by atoms with E-state index < -0.39 is 36.1 Å². The van der Waals surface area contributed by atoms with Gasteiger partial charge in [0.1, 0.15) is 18.0 Å². The van der Waals surface area contributed by atoms with Gasteiger partial charge in [0.25, 0.3) is 0 Å². The van der Waals surface area contributed by atoms with Crippen LogP contribution in [0, 0.1) is 0 Å². The minimum Gasteiger partial charge on any atom is -0.384 e. The van der Waals surface area contributed by atoms with Crippen LogP contribution in [0.5, 0.6) is 0 Å². The molecule has 0 amide bonds. The Morgan fingerprint density at radius 1 is 1.34 bits per heavy atom. The Balaban J connectivity index is 1.45. The van der Waals surface area contributed by atoms with Crippen molar-refractivity contribution in [2.24, 2.45) is 0 Å². The number of fused-ring (bicyclic) bond motifs is 1. The second-order valence-corrected chi connectivity index (χ2v) is 9.12. The Bertz CT molecular complexity index is 1300. The second kappa shape index (κ2) is 8.75. The van der Waals surface area contributed by atoms with Gasteiger partial charge in [-0.2, -0.15) is 13.8 Å². The van der Waals surface area contributed by atoms with Crippen LogP contribution in [-0.4, -0.2) is 65.7 Å². The predicted octanol–water partition coefficient (Wildman–Crippen LogP) is 0.585. The molecule has 0 aromatic carbocycles. The number of hydrogen-bond acceptors (Lipinski definition) is 12. The van der Waals surface area contributed by atoms with E-state index in [4.69, 9.17) is 16.2 Å². The highest BCUT2D eigenvalue weighted by Crippen LogP contribution is 2.45. The van der Waals surface area contributed by atoms with Crippen LogP contribution in [0.3, 0.4) is 0 Å². The lowest BCUT2D eigenvalue weighted by Crippen LogP contribution is -2.43. The van der Waals surface area contributed by atoms with Gasteiger partial charge in [0, 0.05) is 43.0 Å². The molecule has 0 bridgehead atoms. The van der Waals surface area contributed by atoms with E-state index in [2.05, 4.69) is 25.3 Å².